The van der Waals surface area contributed by atoms with E-state index in [1.807, 2.05) is 20.8 Å². The number of carbonyl (C=O) groups is 1. The molecule has 3 N–H and O–H groups in total. The van der Waals surface area contributed by atoms with Crippen LogP contribution in [0.2, 0.25) is 0 Å². The summed E-state index contributed by atoms with van der Waals surface area (Å²) in [4.78, 5) is 21.1. The van der Waals surface area contributed by atoms with Crippen LogP contribution in [0.15, 0.2) is 24.3 Å². The molecule has 1 aromatic rings. The average Bonchev–Trinajstić information content (AvgIpc) is 2.26. The van der Waals surface area contributed by atoms with Crippen molar-refractivity contribution in [2.45, 2.75) is 38.8 Å². The van der Waals surface area contributed by atoms with Gasteiger partial charge >= 0.3 is 0 Å². The number of hydrogen-bond donors (Lipinski definition) is 2. The molecule has 0 bridgehead atoms. The second kappa shape index (κ2) is 5.79. The molecule has 1 atom stereocenters. The summed E-state index contributed by atoms with van der Waals surface area (Å²) in [5.74, 6) is -0.367. The van der Waals surface area contributed by atoms with Gasteiger partial charge in [-0.1, -0.05) is 12.1 Å². The van der Waals surface area contributed by atoms with Crippen LogP contribution in [0.1, 0.15) is 38.8 Å². The topological polar surface area (TPSA) is 98.3 Å². The molecule has 1 rings (SSSR count). The van der Waals surface area contributed by atoms with Gasteiger partial charge in [0.05, 0.1) is 4.92 Å². The van der Waals surface area contributed by atoms with Crippen molar-refractivity contribution in [3.05, 3.63) is 39.9 Å². The van der Waals surface area contributed by atoms with Crippen LogP contribution >= 0.6 is 0 Å². The number of nitro benzene ring substituents is 1. The molecule has 1 unspecified atom stereocenters. The number of nitrogens with one attached hydrogen (secondary N) is 1. The molecule has 0 aliphatic heterocycles. The van der Waals surface area contributed by atoms with E-state index < -0.39 is 10.5 Å². The van der Waals surface area contributed by atoms with Gasteiger partial charge in [-0.15, -0.1) is 0 Å². The standard InChI is InChI=1S/C13H19N3O3/c1-9(15-13(2,3)8-12(14)17)10-4-6-11(7-5-10)16(18)19/h4-7,9,15H,8H2,1-3H3,(H2,14,17). The van der Waals surface area contributed by atoms with Crippen molar-refractivity contribution in [1.82, 2.24) is 5.32 Å². The third kappa shape index (κ3) is 4.67. The second-order valence-corrected chi connectivity index (χ2v) is 5.24. The van der Waals surface area contributed by atoms with Crippen LogP contribution in [-0.4, -0.2) is 16.4 Å². The number of carbonyl (C=O) groups excluding carboxylic acids is 1. The number of non-ortho nitro benzene ring substituents is 1. The molecule has 0 aliphatic carbocycles. The minimum Gasteiger partial charge on any atom is -0.370 e. The summed E-state index contributed by atoms with van der Waals surface area (Å²) >= 11 is 0. The Labute approximate surface area is 112 Å². The number of nitro groups is 1. The first kappa shape index (κ1) is 15.1. The molecule has 0 aliphatic rings. The first-order valence-corrected chi connectivity index (χ1v) is 6.01. The summed E-state index contributed by atoms with van der Waals surface area (Å²) in [7, 11) is 0. The van der Waals surface area contributed by atoms with E-state index in [9.17, 15) is 14.9 Å². The maximum absolute atomic E-state index is 11.0. The number of nitrogens with zero attached hydrogens (tertiary/aromatic N) is 1. The highest BCUT2D eigenvalue weighted by atomic mass is 16.6. The Kier molecular flexibility index (Phi) is 4.61. The van der Waals surface area contributed by atoms with Crippen molar-refractivity contribution in [3.63, 3.8) is 0 Å². The summed E-state index contributed by atoms with van der Waals surface area (Å²) in [5, 5.41) is 13.9. The summed E-state index contributed by atoms with van der Waals surface area (Å²) in [5.41, 5.74) is 5.75. The maximum Gasteiger partial charge on any atom is 0.269 e. The van der Waals surface area contributed by atoms with Gasteiger partial charge in [-0.3, -0.25) is 14.9 Å². The van der Waals surface area contributed by atoms with Crippen LogP contribution in [0.25, 0.3) is 0 Å². The van der Waals surface area contributed by atoms with Gasteiger partial charge in [0.1, 0.15) is 0 Å². The second-order valence-electron chi connectivity index (χ2n) is 5.24. The molecule has 19 heavy (non-hydrogen) atoms. The molecule has 104 valence electrons. The lowest BCUT2D eigenvalue weighted by Crippen LogP contribution is -2.43. The number of primary amides is 1. The van der Waals surface area contributed by atoms with Gasteiger partial charge in [0.15, 0.2) is 0 Å². The zero-order chi connectivity index (χ0) is 14.6. The molecule has 0 saturated heterocycles. The van der Waals surface area contributed by atoms with Crippen LogP contribution in [-0.2, 0) is 4.79 Å². The molecule has 0 heterocycles. The molecule has 0 radical (unpaired) electrons. The fourth-order valence-corrected chi connectivity index (χ4v) is 2.04. The van der Waals surface area contributed by atoms with Crippen LogP contribution in [0, 0.1) is 10.1 Å². The van der Waals surface area contributed by atoms with Crippen LogP contribution in [0.3, 0.4) is 0 Å². The average molecular weight is 265 g/mol. The first-order chi connectivity index (χ1) is 8.71. The minimum atomic E-state index is -0.432. The predicted octanol–water partition coefficient (Wildman–Crippen LogP) is 1.90. The number of hydrogen-bond acceptors (Lipinski definition) is 4. The summed E-state index contributed by atoms with van der Waals surface area (Å²) in [6.07, 6.45) is 0.227. The minimum absolute atomic E-state index is 0.0323. The fourth-order valence-electron chi connectivity index (χ4n) is 2.04. The SMILES string of the molecule is CC(NC(C)(C)CC(N)=O)c1ccc([N+](=O)[O-])cc1. The summed E-state index contributed by atoms with van der Waals surface area (Å²) in [6.45, 7) is 5.71. The Bertz CT molecular complexity index is 469. The van der Waals surface area contributed by atoms with E-state index in [4.69, 9.17) is 5.73 Å². The van der Waals surface area contributed by atoms with E-state index >= 15 is 0 Å². The van der Waals surface area contributed by atoms with Crippen molar-refractivity contribution in [2.24, 2.45) is 5.73 Å². The third-order valence-electron chi connectivity index (χ3n) is 2.83. The Morgan fingerprint density at radius 2 is 1.95 bits per heavy atom. The molecular weight excluding hydrogens is 246 g/mol. The Morgan fingerprint density at radius 3 is 2.37 bits per heavy atom. The highest BCUT2D eigenvalue weighted by molar-refractivity contribution is 5.75. The van der Waals surface area contributed by atoms with Crippen LogP contribution in [0.4, 0.5) is 5.69 Å². The van der Waals surface area contributed by atoms with Gasteiger partial charge < -0.3 is 11.1 Å². The molecule has 0 spiro atoms. The Morgan fingerprint density at radius 1 is 1.42 bits per heavy atom. The number of benzene rings is 1. The van der Waals surface area contributed by atoms with Crippen molar-refractivity contribution in [2.75, 3.05) is 0 Å². The summed E-state index contributed by atoms with van der Waals surface area (Å²) < 4.78 is 0. The third-order valence-corrected chi connectivity index (χ3v) is 2.83. The van der Waals surface area contributed by atoms with E-state index in [2.05, 4.69) is 5.32 Å². The van der Waals surface area contributed by atoms with E-state index in [-0.39, 0.29) is 24.1 Å². The molecule has 1 aromatic carbocycles. The van der Waals surface area contributed by atoms with Gasteiger partial charge in [0.2, 0.25) is 5.91 Å². The maximum atomic E-state index is 11.0. The zero-order valence-corrected chi connectivity index (χ0v) is 11.3. The Hall–Kier alpha value is -1.95. The number of rotatable bonds is 6. The monoisotopic (exact) mass is 265 g/mol. The van der Waals surface area contributed by atoms with Gasteiger partial charge in [-0.2, -0.15) is 0 Å². The van der Waals surface area contributed by atoms with Crippen molar-refractivity contribution >= 4 is 11.6 Å². The van der Waals surface area contributed by atoms with Crippen molar-refractivity contribution in [1.29, 1.82) is 0 Å². The molecule has 0 saturated carbocycles. The first-order valence-electron chi connectivity index (χ1n) is 6.01. The van der Waals surface area contributed by atoms with Crippen molar-refractivity contribution < 1.29 is 9.72 Å². The van der Waals surface area contributed by atoms with Gasteiger partial charge in [-0.25, -0.2) is 0 Å². The molecule has 0 fully saturated rings. The van der Waals surface area contributed by atoms with E-state index in [1.54, 1.807) is 12.1 Å². The highest BCUT2D eigenvalue weighted by Crippen LogP contribution is 2.21. The summed E-state index contributed by atoms with van der Waals surface area (Å²) in [6, 6.07) is 6.31. The molecule has 0 aromatic heterocycles. The molecule has 6 nitrogen and oxygen atoms in total. The lowest BCUT2D eigenvalue weighted by molar-refractivity contribution is -0.384. The lowest BCUT2D eigenvalue weighted by Gasteiger charge is -2.29. The molecular formula is C13H19N3O3. The smallest absolute Gasteiger partial charge is 0.269 e. The fraction of sp³-hybridized carbons (Fsp3) is 0.462. The molecule has 1 amide bonds. The van der Waals surface area contributed by atoms with E-state index in [1.165, 1.54) is 12.1 Å². The van der Waals surface area contributed by atoms with E-state index in [0.29, 0.717) is 0 Å². The van der Waals surface area contributed by atoms with Crippen molar-refractivity contribution in [3.8, 4) is 0 Å². The van der Waals surface area contributed by atoms with Gasteiger partial charge in [0.25, 0.3) is 5.69 Å². The van der Waals surface area contributed by atoms with E-state index in [0.717, 1.165) is 5.56 Å². The normalized spacial score (nSPS) is 13.0. The predicted molar refractivity (Wildman–Crippen MR) is 72.5 cm³/mol. The lowest BCUT2D eigenvalue weighted by atomic mass is 9.97. The number of amides is 1. The quantitative estimate of drug-likeness (QED) is 0.606. The highest BCUT2D eigenvalue weighted by Gasteiger charge is 2.23. The Balaban J connectivity index is 2.75. The van der Waals surface area contributed by atoms with Crippen LogP contribution < -0.4 is 11.1 Å². The largest absolute Gasteiger partial charge is 0.370 e. The van der Waals surface area contributed by atoms with Gasteiger partial charge in [-0.05, 0) is 26.3 Å². The molecule has 6 heteroatoms. The number of nitrogens with two attached hydrogens (primary N) is 1. The van der Waals surface area contributed by atoms with Gasteiger partial charge in [0, 0.05) is 30.1 Å². The zero-order valence-electron chi connectivity index (χ0n) is 11.3. The van der Waals surface area contributed by atoms with Crippen LogP contribution in [0.5, 0.6) is 0 Å².